The SMILES string of the molecule is CCCC(CCN=C(C)CC)[Si](C)(OC)OC. The molecule has 0 bridgehead atoms. The molecule has 1 atom stereocenters. The zero-order chi connectivity index (χ0) is 13.3. The van der Waals surface area contributed by atoms with E-state index >= 15 is 0 Å². The van der Waals surface area contributed by atoms with Gasteiger partial charge < -0.3 is 8.85 Å². The van der Waals surface area contributed by atoms with E-state index in [9.17, 15) is 0 Å². The van der Waals surface area contributed by atoms with Gasteiger partial charge in [-0.2, -0.15) is 0 Å². The molecule has 0 spiro atoms. The molecule has 3 nitrogen and oxygen atoms in total. The molecular weight excluding hydrogens is 230 g/mol. The maximum atomic E-state index is 5.65. The Bertz CT molecular complexity index is 227. The molecule has 0 radical (unpaired) electrons. The molecule has 0 saturated carbocycles. The van der Waals surface area contributed by atoms with Crippen LogP contribution in [0.4, 0.5) is 0 Å². The van der Waals surface area contributed by atoms with Gasteiger partial charge in [0.05, 0.1) is 0 Å². The number of rotatable bonds is 9. The highest BCUT2D eigenvalue weighted by Gasteiger charge is 2.38. The minimum atomic E-state index is -2.00. The maximum Gasteiger partial charge on any atom is 0.337 e. The molecule has 0 amide bonds. The van der Waals surface area contributed by atoms with Crippen LogP contribution < -0.4 is 0 Å². The fourth-order valence-electron chi connectivity index (χ4n) is 1.96. The van der Waals surface area contributed by atoms with Crippen LogP contribution in [-0.4, -0.2) is 35.0 Å². The maximum absolute atomic E-state index is 5.65. The van der Waals surface area contributed by atoms with Gasteiger partial charge in [0.1, 0.15) is 0 Å². The summed E-state index contributed by atoms with van der Waals surface area (Å²) in [5.74, 6) is 0. The molecule has 0 rings (SSSR count). The zero-order valence-electron chi connectivity index (χ0n) is 12.4. The molecule has 0 saturated heterocycles. The second kappa shape index (κ2) is 8.83. The largest absolute Gasteiger partial charge is 0.398 e. The van der Waals surface area contributed by atoms with Gasteiger partial charge >= 0.3 is 8.56 Å². The van der Waals surface area contributed by atoms with Gasteiger partial charge in [-0.05, 0) is 32.7 Å². The molecule has 0 N–H and O–H groups in total. The number of nitrogens with zero attached hydrogens (tertiary/aromatic N) is 1. The first-order chi connectivity index (χ1) is 8.03. The Kier molecular flexibility index (Phi) is 8.73. The fourth-order valence-corrected chi connectivity index (χ4v) is 4.26. The van der Waals surface area contributed by atoms with Gasteiger partial charge in [-0.15, -0.1) is 0 Å². The Morgan fingerprint density at radius 1 is 1.18 bits per heavy atom. The summed E-state index contributed by atoms with van der Waals surface area (Å²) < 4.78 is 11.3. The van der Waals surface area contributed by atoms with Gasteiger partial charge in [-0.25, -0.2) is 0 Å². The van der Waals surface area contributed by atoms with Gasteiger partial charge in [0.15, 0.2) is 0 Å². The molecule has 17 heavy (non-hydrogen) atoms. The first-order valence-corrected chi connectivity index (χ1v) is 9.03. The third-order valence-corrected chi connectivity index (χ3v) is 7.24. The van der Waals surface area contributed by atoms with Crippen LogP contribution in [0.25, 0.3) is 0 Å². The Labute approximate surface area is 108 Å². The van der Waals surface area contributed by atoms with E-state index < -0.39 is 8.56 Å². The molecule has 0 aromatic rings. The Hall–Kier alpha value is -0.193. The van der Waals surface area contributed by atoms with Crippen molar-refractivity contribution < 1.29 is 8.85 Å². The molecule has 0 aliphatic heterocycles. The molecule has 0 fully saturated rings. The first-order valence-electron chi connectivity index (χ1n) is 6.64. The summed E-state index contributed by atoms with van der Waals surface area (Å²) in [6, 6.07) is 0. The van der Waals surface area contributed by atoms with Gasteiger partial charge in [0.25, 0.3) is 0 Å². The Morgan fingerprint density at radius 2 is 1.76 bits per heavy atom. The summed E-state index contributed by atoms with van der Waals surface area (Å²) in [6.07, 6.45) is 4.47. The lowest BCUT2D eigenvalue weighted by Gasteiger charge is -2.31. The average Bonchev–Trinajstić information content (AvgIpc) is 2.36. The van der Waals surface area contributed by atoms with Crippen molar-refractivity contribution in [1.29, 1.82) is 0 Å². The molecule has 0 aromatic carbocycles. The lowest BCUT2D eigenvalue weighted by molar-refractivity contribution is 0.231. The van der Waals surface area contributed by atoms with Crippen LogP contribution in [0.15, 0.2) is 4.99 Å². The Balaban J connectivity index is 4.42. The summed E-state index contributed by atoms with van der Waals surface area (Å²) in [5.41, 5.74) is 1.77. The highest BCUT2D eigenvalue weighted by atomic mass is 28.4. The smallest absolute Gasteiger partial charge is 0.337 e. The second-order valence-electron chi connectivity index (χ2n) is 4.67. The van der Waals surface area contributed by atoms with Crippen molar-refractivity contribution >= 4 is 14.3 Å². The van der Waals surface area contributed by atoms with Crippen LogP contribution >= 0.6 is 0 Å². The molecule has 0 aliphatic carbocycles. The summed E-state index contributed by atoms with van der Waals surface area (Å²) in [4.78, 5) is 4.57. The van der Waals surface area contributed by atoms with Crippen LogP contribution in [0, 0.1) is 0 Å². The van der Waals surface area contributed by atoms with E-state index in [1.165, 1.54) is 18.6 Å². The predicted octanol–water partition coefficient (Wildman–Crippen LogP) is 3.78. The van der Waals surface area contributed by atoms with Crippen LogP contribution in [0.5, 0.6) is 0 Å². The van der Waals surface area contributed by atoms with E-state index in [0.29, 0.717) is 5.54 Å². The normalized spacial score (nSPS) is 15.1. The number of hydrogen-bond donors (Lipinski definition) is 0. The fraction of sp³-hybridized carbons (Fsp3) is 0.923. The predicted molar refractivity (Wildman–Crippen MR) is 77.2 cm³/mol. The van der Waals surface area contributed by atoms with Crippen molar-refractivity contribution in [1.82, 2.24) is 0 Å². The number of aliphatic imine (C=N–C) groups is 1. The zero-order valence-corrected chi connectivity index (χ0v) is 13.4. The van der Waals surface area contributed by atoms with Crippen LogP contribution in [0.3, 0.4) is 0 Å². The molecule has 4 heteroatoms. The van der Waals surface area contributed by atoms with Gasteiger partial charge in [0, 0.05) is 32.0 Å². The van der Waals surface area contributed by atoms with Crippen LogP contribution in [-0.2, 0) is 8.85 Å². The van der Waals surface area contributed by atoms with Gasteiger partial charge in [-0.3, -0.25) is 4.99 Å². The van der Waals surface area contributed by atoms with Crippen molar-refractivity contribution in [2.45, 2.75) is 58.5 Å². The van der Waals surface area contributed by atoms with Crippen LogP contribution in [0.1, 0.15) is 46.5 Å². The summed E-state index contributed by atoms with van der Waals surface area (Å²) >= 11 is 0. The topological polar surface area (TPSA) is 30.8 Å². The highest BCUT2D eigenvalue weighted by Crippen LogP contribution is 2.31. The van der Waals surface area contributed by atoms with Gasteiger partial charge in [0.2, 0.25) is 0 Å². The minimum Gasteiger partial charge on any atom is -0.398 e. The molecule has 0 aromatic heterocycles. The average molecular weight is 259 g/mol. The van der Waals surface area contributed by atoms with Crippen LogP contribution in [0.2, 0.25) is 12.1 Å². The molecule has 0 heterocycles. The van der Waals surface area contributed by atoms with Crippen molar-refractivity contribution in [2.24, 2.45) is 4.99 Å². The molecular formula is C13H29NO2Si. The van der Waals surface area contributed by atoms with Crippen molar-refractivity contribution in [3.05, 3.63) is 0 Å². The first kappa shape index (κ1) is 16.8. The lowest BCUT2D eigenvalue weighted by Crippen LogP contribution is -2.42. The summed E-state index contributed by atoms with van der Waals surface area (Å²) in [5, 5.41) is 0. The quantitative estimate of drug-likeness (QED) is 0.466. The van der Waals surface area contributed by atoms with E-state index in [1.54, 1.807) is 14.2 Å². The van der Waals surface area contributed by atoms with Gasteiger partial charge in [-0.1, -0.05) is 20.3 Å². The molecule has 0 aliphatic rings. The van der Waals surface area contributed by atoms with E-state index in [1.807, 2.05) is 0 Å². The summed E-state index contributed by atoms with van der Waals surface area (Å²) in [7, 11) is 1.55. The lowest BCUT2D eigenvalue weighted by atomic mass is 10.2. The number of hydrogen-bond acceptors (Lipinski definition) is 3. The minimum absolute atomic E-state index is 0.538. The van der Waals surface area contributed by atoms with E-state index in [0.717, 1.165) is 19.4 Å². The van der Waals surface area contributed by atoms with Crippen molar-refractivity contribution in [2.75, 3.05) is 20.8 Å². The second-order valence-corrected chi connectivity index (χ2v) is 8.33. The van der Waals surface area contributed by atoms with E-state index in [4.69, 9.17) is 8.85 Å². The third-order valence-electron chi connectivity index (χ3n) is 3.56. The molecule has 1 unspecified atom stereocenters. The standard InChI is InChI=1S/C13H29NO2Si/c1-7-9-13(17(6,15-4)16-5)10-11-14-12(3)8-2/h13H,7-11H2,1-6H3. The van der Waals surface area contributed by atoms with Crippen molar-refractivity contribution in [3.63, 3.8) is 0 Å². The van der Waals surface area contributed by atoms with E-state index in [-0.39, 0.29) is 0 Å². The molecule has 102 valence electrons. The highest BCUT2D eigenvalue weighted by molar-refractivity contribution is 6.67. The van der Waals surface area contributed by atoms with E-state index in [2.05, 4.69) is 32.3 Å². The van der Waals surface area contributed by atoms with Crippen molar-refractivity contribution in [3.8, 4) is 0 Å². The monoisotopic (exact) mass is 259 g/mol. The Morgan fingerprint density at radius 3 is 2.18 bits per heavy atom. The summed E-state index contributed by atoms with van der Waals surface area (Å²) in [6.45, 7) is 9.51. The third kappa shape index (κ3) is 5.79.